The standard InChI is InChI=1S/C21H21FN4O2S2/c1-2-11-26-19(28)17(12-18(27)23-14-9-7-13(22)8-10-14)30-21(26)25-20-24-15-5-3-4-6-16(15)29-20/h2,7-10,17H,1,3-6,11-12H2,(H,23,27)/b25-21-. The van der Waals surface area contributed by atoms with Crippen molar-refractivity contribution in [2.75, 3.05) is 11.9 Å². The molecular weight excluding hydrogens is 423 g/mol. The van der Waals surface area contributed by atoms with Crippen LogP contribution < -0.4 is 5.32 Å². The third-order valence-corrected chi connectivity index (χ3v) is 7.08. The Bertz CT molecular complexity index is 979. The molecule has 1 atom stereocenters. The zero-order chi connectivity index (χ0) is 21.1. The van der Waals surface area contributed by atoms with E-state index in [1.807, 2.05) is 0 Å². The number of hydrogen-bond acceptors (Lipinski definition) is 6. The number of halogens is 1. The number of nitrogens with zero attached hydrogens (tertiary/aromatic N) is 3. The van der Waals surface area contributed by atoms with E-state index in [1.165, 1.54) is 47.3 Å². The van der Waals surface area contributed by atoms with Crippen molar-refractivity contribution in [3.8, 4) is 0 Å². The summed E-state index contributed by atoms with van der Waals surface area (Å²) in [5.74, 6) is -0.856. The molecule has 9 heteroatoms. The Morgan fingerprint density at radius 2 is 2.10 bits per heavy atom. The van der Waals surface area contributed by atoms with Crippen molar-refractivity contribution >= 4 is 50.9 Å². The van der Waals surface area contributed by atoms with Crippen molar-refractivity contribution in [1.82, 2.24) is 9.88 Å². The summed E-state index contributed by atoms with van der Waals surface area (Å²) in [6, 6.07) is 5.51. The van der Waals surface area contributed by atoms with Gasteiger partial charge in [0.05, 0.1) is 5.69 Å². The van der Waals surface area contributed by atoms with E-state index in [1.54, 1.807) is 22.3 Å². The Labute approximate surface area is 182 Å². The molecule has 1 unspecified atom stereocenters. The Balaban J connectivity index is 1.48. The predicted molar refractivity (Wildman–Crippen MR) is 119 cm³/mol. The summed E-state index contributed by atoms with van der Waals surface area (Å²) in [5, 5.41) is 3.33. The van der Waals surface area contributed by atoms with Gasteiger partial charge in [0.2, 0.25) is 16.9 Å². The zero-order valence-electron chi connectivity index (χ0n) is 16.3. The molecule has 2 aromatic rings. The highest BCUT2D eigenvalue weighted by Crippen LogP contribution is 2.35. The van der Waals surface area contributed by atoms with Crippen LogP contribution in [-0.4, -0.2) is 38.7 Å². The number of hydrogen-bond donors (Lipinski definition) is 1. The Kier molecular flexibility index (Phi) is 6.29. The fraction of sp³-hybridized carbons (Fsp3) is 0.333. The van der Waals surface area contributed by atoms with Gasteiger partial charge in [-0.05, 0) is 49.9 Å². The van der Waals surface area contributed by atoms with E-state index >= 15 is 0 Å². The van der Waals surface area contributed by atoms with Gasteiger partial charge in [-0.1, -0.05) is 29.2 Å². The molecule has 156 valence electrons. The summed E-state index contributed by atoms with van der Waals surface area (Å²) in [7, 11) is 0. The second kappa shape index (κ2) is 9.09. The van der Waals surface area contributed by atoms with Crippen molar-refractivity contribution < 1.29 is 14.0 Å². The van der Waals surface area contributed by atoms with E-state index in [0.717, 1.165) is 25.0 Å². The number of aryl methyl sites for hydroxylation is 2. The maximum Gasteiger partial charge on any atom is 0.242 e. The highest BCUT2D eigenvalue weighted by Gasteiger charge is 2.39. The van der Waals surface area contributed by atoms with Gasteiger partial charge in [-0.15, -0.1) is 6.58 Å². The summed E-state index contributed by atoms with van der Waals surface area (Å²) >= 11 is 2.85. The number of aliphatic imine (C=N–C) groups is 1. The van der Waals surface area contributed by atoms with E-state index in [9.17, 15) is 14.0 Å². The van der Waals surface area contributed by atoms with E-state index in [4.69, 9.17) is 0 Å². The molecule has 1 fully saturated rings. The highest BCUT2D eigenvalue weighted by atomic mass is 32.2. The maximum atomic E-state index is 13.0. The van der Waals surface area contributed by atoms with Crippen LogP contribution in [0.4, 0.5) is 15.2 Å². The first kappa shape index (κ1) is 20.7. The second-order valence-electron chi connectivity index (χ2n) is 7.07. The van der Waals surface area contributed by atoms with Crippen molar-refractivity contribution in [3.05, 3.63) is 53.3 Å². The summed E-state index contributed by atoms with van der Waals surface area (Å²) in [5.41, 5.74) is 1.60. The van der Waals surface area contributed by atoms with E-state index < -0.39 is 5.25 Å². The van der Waals surface area contributed by atoms with Gasteiger partial charge in [0.1, 0.15) is 11.1 Å². The fourth-order valence-corrected chi connectivity index (χ4v) is 5.63. The molecule has 1 aliphatic carbocycles. The summed E-state index contributed by atoms with van der Waals surface area (Å²) < 4.78 is 13.0. The first-order chi connectivity index (χ1) is 14.5. The number of thioether (sulfide) groups is 1. The van der Waals surface area contributed by atoms with Crippen LogP contribution in [0.1, 0.15) is 29.8 Å². The van der Waals surface area contributed by atoms with Crippen LogP contribution in [0, 0.1) is 5.82 Å². The highest BCUT2D eigenvalue weighted by molar-refractivity contribution is 8.15. The molecular formula is C21H21FN4O2S2. The van der Waals surface area contributed by atoms with Crippen molar-refractivity contribution in [1.29, 1.82) is 0 Å². The molecule has 6 nitrogen and oxygen atoms in total. The zero-order valence-corrected chi connectivity index (χ0v) is 17.9. The first-order valence-electron chi connectivity index (χ1n) is 9.75. The number of anilines is 1. The van der Waals surface area contributed by atoms with Gasteiger partial charge in [-0.25, -0.2) is 9.37 Å². The molecule has 0 radical (unpaired) electrons. The number of aromatic nitrogens is 1. The van der Waals surface area contributed by atoms with Crippen LogP contribution >= 0.6 is 23.1 Å². The normalized spacial score (nSPS) is 19.8. The summed E-state index contributed by atoms with van der Waals surface area (Å²) in [6.07, 6.45) is 5.97. The minimum absolute atomic E-state index is 0.00189. The minimum Gasteiger partial charge on any atom is -0.326 e. The average Bonchev–Trinajstić information content (AvgIpc) is 3.26. The summed E-state index contributed by atoms with van der Waals surface area (Å²) in [6.45, 7) is 4.05. The molecule has 1 aliphatic heterocycles. The number of benzene rings is 1. The number of amides is 2. The molecule has 1 aromatic heterocycles. The fourth-order valence-electron chi connectivity index (χ4n) is 3.40. The molecule has 1 N–H and O–H groups in total. The Morgan fingerprint density at radius 3 is 2.83 bits per heavy atom. The van der Waals surface area contributed by atoms with E-state index in [-0.39, 0.29) is 24.1 Å². The lowest BCUT2D eigenvalue weighted by atomic mass is 10.0. The van der Waals surface area contributed by atoms with Gasteiger partial charge in [-0.3, -0.25) is 14.5 Å². The molecule has 4 rings (SSSR count). The van der Waals surface area contributed by atoms with Gasteiger partial charge >= 0.3 is 0 Å². The van der Waals surface area contributed by atoms with Crippen LogP contribution in [-0.2, 0) is 22.4 Å². The Morgan fingerprint density at radius 1 is 1.33 bits per heavy atom. The molecule has 0 saturated carbocycles. The van der Waals surface area contributed by atoms with Crippen LogP contribution in [0.5, 0.6) is 0 Å². The van der Waals surface area contributed by atoms with Crippen LogP contribution in [0.15, 0.2) is 41.9 Å². The average molecular weight is 445 g/mol. The van der Waals surface area contributed by atoms with Crippen LogP contribution in [0.25, 0.3) is 0 Å². The number of rotatable bonds is 6. The van der Waals surface area contributed by atoms with E-state index in [2.05, 4.69) is 21.9 Å². The van der Waals surface area contributed by atoms with Gasteiger partial charge in [0, 0.05) is 23.5 Å². The molecule has 2 amide bonds. The van der Waals surface area contributed by atoms with Crippen molar-refractivity contribution in [2.45, 2.75) is 37.4 Å². The van der Waals surface area contributed by atoms with Crippen molar-refractivity contribution in [3.63, 3.8) is 0 Å². The van der Waals surface area contributed by atoms with E-state index in [0.29, 0.717) is 22.5 Å². The number of carbonyl (C=O) groups excluding carboxylic acids is 2. The van der Waals surface area contributed by atoms with Crippen molar-refractivity contribution in [2.24, 2.45) is 4.99 Å². The minimum atomic E-state index is -0.571. The third-order valence-electron chi connectivity index (χ3n) is 4.86. The number of carbonyl (C=O) groups is 2. The van der Waals surface area contributed by atoms with Gasteiger partial charge in [-0.2, -0.15) is 4.99 Å². The van der Waals surface area contributed by atoms with Crippen LogP contribution in [0.3, 0.4) is 0 Å². The topological polar surface area (TPSA) is 74.7 Å². The molecule has 1 aromatic carbocycles. The first-order valence-corrected chi connectivity index (χ1v) is 11.4. The molecule has 2 aliphatic rings. The van der Waals surface area contributed by atoms with Gasteiger partial charge < -0.3 is 5.32 Å². The number of amidine groups is 1. The Hall–Kier alpha value is -2.52. The molecule has 30 heavy (non-hydrogen) atoms. The monoisotopic (exact) mass is 444 g/mol. The largest absolute Gasteiger partial charge is 0.326 e. The van der Waals surface area contributed by atoms with Gasteiger partial charge in [0.15, 0.2) is 5.17 Å². The molecule has 1 saturated heterocycles. The second-order valence-corrected chi connectivity index (χ2v) is 9.30. The molecule has 2 heterocycles. The number of fused-ring (bicyclic) bond motifs is 1. The SMILES string of the molecule is C=CCN1C(=O)C(CC(=O)Nc2ccc(F)cc2)S/C1=N\c1nc2c(s1)CCCC2. The predicted octanol–water partition coefficient (Wildman–Crippen LogP) is 4.31. The molecule has 0 spiro atoms. The van der Waals surface area contributed by atoms with Crippen LogP contribution in [0.2, 0.25) is 0 Å². The third kappa shape index (κ3) is 4.62. The lowest BCUT2D eigenvalue weighted by molar-refractivity contribution is -0.127. The smallest absolute Gasteiger partial charge is 0.242 e. The number of thiazole rings is 1. The van der Waals surface area contributed by atoms with Gasteiger partial charge in [0.25, 0.3) is 0 Å². The molecule has 0 bridgehead atoms. The lowest BCUT2D eigenvalue weighted by Crippen LogP contribution is -2.33. The number of nitrogens with one attached hydrogen (secondary N) is 1. The maximum absolute atomic E-state index is 13.0. The quantitative estimate of drug-likeness (QED) is 0.674. The lowest BCUT2D eigenvalue weighted by Gasteiger charge is -2.13. The summed E-state index contributed by atoms with van der Waals surface area (Å²) in [4.78, 5) is 37.3.